The molecule has 0 aromatic carbocycles. The Labute approximate surface area is 128 Å². The molecule has 0 aliphatic carbocycles. The van der Waals surface area contributed by atoms with Gasteiger partial charge >= 0.3 is 0 Å². The number of alkyl halides is 4. The highest BCUT2D eigenvalue weighted by molar-refractivity contribution is 14.1. The van der Waals surface area contributed by atoms with Crippen molar-refractivity contribution in [3.05, 3.63) is 0 Å². The van der Waals surface area contributed by atoms with Gasteiger partial charge < -0.3 is 14.2 Å². The molecule has 0 spiro atoms. The Kier molecular flexibility index (Phi) is 4.38. The topological polar surface area (TPSA) is 40.0 Å². The first kappa shape index (κ1) is 14.4. The first-order valence-electron chi connectivity index (χ1n) is 4.98. The van der Waals surface area contributed by atoms with Crippen LogP contribution in [-0.4, -0.2) is 45.3 Å². The molecular weight excluding hydrogens is 403 g/mol. The highest BCUT2D eigenvalue weighted by Gasteiger charge is 2.51. The molecule has 0 aromatic heterocycles. The van der Waals surface area contributed by atoms with Crippen molar-refractivity contribution in [3.63, 3.8) is 0 Å². The first-order chi connectivity index (χ1) is 7.84. The van der Waals surface area contributed by atoms with E-state index in [9.17, 15) is 0 Å². The molecule has 17 heavy (non-hydrogen) atoms. The van der Waals surface area contributed by atoms with Crippen molar-refractivity contribution in [2.24, 2.45) is 4.99 Å². The molecule has 5 atom stereocenters. The molecule has 0 amide bonds. The van der Waals surface area contributed by atoms with Crippen LogP contribution in [0.5, 0.6) is 0 Å². The lowest BCUT2D eigenvalue weighted by atomic mass is 10.0. The van der Waals surface area contributed by atoms with E-state index in [1.54, 1.807) is 7.11 Å². The van der Waals surface area contributed by atoms with Gasteiger partial charge in [0.25, 0.3) is 3.79 Å². The normalized spacial score (nSPS) is 41.8. The number of fused-ring (bicyclic) bond motifs is 1. The molecule has 4 nitrogen and oxygen atoms in total. The highest BCUT2D eigenvalue weighted by Crippen LogP contribution is 2.39. The van der Waals surface area contributed by atoms with E-state index in [1.165, 1.54) is 0 Å². The van der Waals surface area contributed by atoms with Gasteiger partial charge in [-0.3, -0.25) is 0 Å². The summed E-state index contributed by atoms with van der Waals surface area (Å²) >= 11 is 19.5. The predicted molar refractivity (Wildman–Crippen MR) is 75.5 cm³/mol. The average molecular weight is 414 g/mol. The Morgan fingerprint density at radius 2 is 2.06 bits per heavy atom. The van der Waals surface area contributed by atoms with Gasteiger partial charge in [-0.15, -0.1) is 0 Å². The van der Waals surface area contributed by atoms with Gasteiger partial charge in [-0.2, -0.15) is 0 Å². The second-order valence-electron chi connectivity index (χ2n) is 3.89. The van der Waals surface area contributed by atoms with Crippen molar-refractivity contribution in [1.29, 1.82) is 0 Å². The zero-order chi connectivity index (χ0) is 12.8. The Bertz CT molecular complexity index is 336. The molecule has 2 heterocycles. The molecule has 1 fully saturated rings. The Hall–Kier alpha value is 0.990. The summed E-state index contributed by atoms with van der Waals surface area (Å²) in [4.78, 5) is 4.34. The maximum atomic E-state index is 5.77. The van der Waals surface area contributed by atoms with Crippen molar-refractivity contribution < 1.29 is 14.2 Å². The zero-order valence-corrected chi connectivity index (χ0v) is 13.5. The lowest BCUT2D eigenvalue weighted by Gasteiger charge is -2.37. The summed E-state index contributed by atoms with van der Waals surface area (Å²) in [6.07, 6.45) is -0.715. The van der Waals surface area contributed by atoms with E-state index in [2.05, 4.69) is 27.6 Å². The molecule has 0 bridgehead atoms. The SMILES string of the molecule is CO[C@@H]1O[C@@H](C)[C@@H]2OC(C(Cl)(Cl)Cl)=N[C@@H]2[C@H]1I. The van der Waals surface area contributed by atoms with Gasteiger partial charge in [0.2, 0.25) is 5.90 Å². The van der Waals surface area contributed by atoms with E-state index in [0.29, 0.717) is 0 Å². The Morgan fingerprint density at radius 3 is 2.59 bits per heavy atom. The van der Waals surface area contributed by atoms with Crippen LogP contribution in [0, 0.1) is 0 Å². The van der Waals surface area contributed by atoms with E-state index in [4.69, 9.17) is 49.0 Å². The number of ether oxygens (including phenoxy) is 3. The fourth-order valence-electron chi connectivity index (χ4n) is 1.91. The minimum atomic E-state index is -1.63. The molecule has 2 aliphatic heterocycles. The lowest BCUT2D eigenvalue weighted by Crippen LogP contribution is -2.52. The maximum Gasteiger partial charge on any atom is 0.266 e. The van der Waals surface area contributed by atoms with Crippen LogP contribution < -0.4 is 0 Å². The molecule has 0 aromatic rings. The molecule has 0 radical (unpaired) electrons. The monoisotopic (exact) mass is 413 g/mol. The largest absolute Gasteiger partial charge is 0.469 e. The van der Waals surface area contributed by atoms with Gasteiger partial charge in [0.15, 0.2) is 6.29 Å². The van der Waals surface area contributed by atoms with Gasteiger partial charge in [0.1, 0.15) is 12.1 Å². The van der Waals surface area contributed by atoms with Crippen LogP contribution in [-0.2, 0) is 14.2 Å². The van der Waals surface area contributed by atoms with Crippen molar-refractivity contribution >= 4 is 63.3 Å². The fourth-order valence-corrected chi connectivity index (χ4v) is 3.23. The minimum Gasteiger partial charge on any atom is -0.469 e. The van der Waals surface area contributed by atoms with Crippen LogP contribution in [0.1, 0.15) is 6.92 Å². The number of rotatable bonds is 1. The van der Waals surface area contributed by atoms with E-state index in [-0.39, 0.29) is 34.4 Å². The van der Waals surface area contributed by atoms with Gasteiger partial charge in [-0.1, -0.05) is 57.4 Å². The summed E-state index contributed by atoms with van der Waals surface area (Å²) in [5.74, 6) is 0.131. The molecule has 2 rings (SSSR count). The van der Waals surface area contributed by atoms with Crippen LogP contribution in [0.4, 0.5) is 0 Å². The second-order valence-corrected chi connectivity index (χ2v) is 7.61. The number of nitrogens with zero attached hydrogens (tertiary/aromatic N) is 1. The first-order valence-corrected chi connectivity index (χ1v) is 7.36. The molecule has 1 saturated heterocycles. The summed E-state index contributed by atoms with van der Waals surface area (Å²) in [5.41, 5.74) is 0. The predicted octanol–water partition coefficient (Wildman–Crippen LogP) is 2.72. The number of methoxy groups -OCH3 is 1. The third-order valence-electron chi connectivity index (χ3n) is 2.72. The number of hydrogen-bond donors (Lipinski definition) is 0. The van der Waals surface area contributed by atoms with Gasteiger partial charge in [-0.25, -0.2) is 4.99 Å². The van der Waals surface area contributed by atoms with Gasteiger partial charge in [0.05, 0.1) is 10.0 Å². The van der Waals surface area contributed by atoms with Gasteiger partial charge in [0, 0.05) is 7.11 Å². The molecular formula is C9H11Cl3INO3. The zero-order valence-electron chi connectivity index (χ0n) is 9.07. The van der Waals surface area contributed by atoms with Crippen LogP contribution in [0.25, 0.3) is 0 Å². The van der Waals surface area contributed by atoms with Crippen LogP contribution in [0.3, 0.4) is 0 Å². The molecule has 98 valence electrons. The molecule has 0 unspecified atom stereocenters. The quantitative estimate of drug-likeness (QED) is 0.489. The smallest absolute Gasteiger partial charge is 0.266 e. The van der Waals surface area contributed by atoms with E-state index in [1.807, 2.05) is 6.92 Å². The summed E-state index contributed by atoms with van der Waals surface area (Å²) in [6, 6.07) is -0.116. The lowest BCUT2D eigenvalue weighted by molar-refractivity contribution is -0.197. The Morgan fingerprint density at radius 1 is 1.41 bits per heavy atom. The van der Waals surface area contributed by atoms with Gasteiger partial charge in [-0.05, 0) is 6.92 Å². The number of halogens is 4. The standard InChI is InChI=1S/C9H11Cl3INO3/c1-3-6-5(4(13)7(15-2)16-3)14-8(17-6)9(10,11)12/h3-7H,1-2H3/t3-,4+,5+,6-,7+/m0/s1. The molecule has 0 saturated carbocycles. The third kappa shape index (κ3) is 2.79. The third-order valence-corrected chi connectivity index (χ3v) is 4.53. The summed E-state index contributed by atoms with van der Waals surface area (Å²) < 4.78 is 14.9. The van der Waals surface area contributed by atoms with Crippen LogP contribution in [0.2, 0.25) is 0 Å². The van der Waals surface area contributed by atoms with Crippen molar-refractivity contribution in [3.8, 4) is 0 Å². The molecule has 2 aliphatic rings. The molecule has 0 N–H and O–H groups in total. The van der Waals surface area contributed by atoms with Crippen LogP contribution >= 0.6 is 57.4 Å². The average Bonchev–Trinajstić information content (AvgIpc) is 2.68. The number of aliphatic imine (C=N–C) groups is 1. The fraction of sp³-hybridized carbons (Fsp3) is 0.889. The van der Waals surface area contributed by atoms with Crippen molar-refractivity contribution in [2.75, 3.05) is 7.11 Å². The summed E-state index contributed by atoms with van der Waals surface area (Å²) in [6.45, 7) is 1.89. The van der Waals surface area contributed by atoms with Crippen LogP contribution in [0.15, 0.2) is 4.99 Å². The van der Waals surface area contributed by atoms with E-state index < -0.39 is 3.79 Å². The molecule has 8 heteroatoms. The highest BCUT2D eigenvalue weighted by atomic mass is 127. The van der Waals surface area contributed by atoms with E-state index >= 15 is 0 Å². The number of hydrogen-bond acceptors (Lipinski definition) is 4. The van der Waals surface area contributed by atoms with Crippen molar-refractivity contribution in [1.82, 2.24) is 0 Å². The van der Waals surface area contributed by atoms with E-state index in [0.717, 1.165) is 0 Å². The summed E-state index contributed by atoms with van der Waals surface area (Å²) in [7, 11) is 1.60. The summed E-state index contributed by atoms with van der Waals surface area (Å²) in [5, 5.41) is 0. The minimum absolute atomic E-state index is 0.0173. The maximum absolute atomic E-state index is 5.77. The Balaban J connectivity index is 2.22. The van der Waals surface area contributed by atoms with Crippen molar-refractivity contribution in [2.45, 2.75) is 39.2 Å². The second kappa shape index (κ2) is 5.17.